The first-order chi connectivity index (χ1) is 9.62. The van der Waals surface area contributed by atoms with Crippen molar-refractivity contribution in [1.82, 2.24) is 4.90 Å². The van der Waals surface area contributed by atoms with E-state index in [2.05, 4.69) is 30.0 Å². The lowest BCUT2D eigenvalue weighted by atomic mass is 9.88. The molecule has 0 aromatic heterocycles. The van der Waals surface area contributed by atoms with Crippen LogP contribution in [0.25, 0.3) is 0 Å². The van der Waals surface area contributed by atoms with Crippen molar-refractivity contribution in [2.45, 2.75) is 26.1 Å². The van der Waals surface area contributed by atoms with Gasteiger partial charge in [0.05, 0.1) is 7.85 Å². The quantitative estimate of drug-likeness (QED) is 0.767. The molecule has 0 unspecified atom stereocenters. The molecule has 0 saturated carbocycles. The Kier molecular flexibility index (Phi) is 5.13. The van der Waals surface area contributed by atoms with E-state index in [1.807, 2.05) is 0 Å². The van der Waals surface area contributed by atoms with E-state index in [0.29, 0.717) is 6.32 Å². The Bertz CT molecular complexity index is 479. The highest BCUT2D eigenvalue weighted by Crippen LogP contribution is 2.23. The molecule has 2 radical (unpaired) electrons. The molecule has 106 valence electrons. The Balaban J connectivity index is 1.84. The molecule has 4 heteroatoms. The minimum absolute atomic E-state index is 0.715. The Labute approximate surface area is 123 Å². The van der Waals surface area contributed by atoms with Gasteiger partial charge in [-0.05, 0) is 42.4 Å². The van der Waals surface area contributed by atoms with Gasteiger partial charge in [-0.15, -0.1) is 0 Å². The second kappa shape index (κ2) is 6.84. The lowest BCUT2D eigenvalue weighted by molar-refractivity contribution is 0.112. The van der Waals surface area contributed by atoms with Crippen molar-refractivity contribution < 1.29 is 0 Å². The van der Waals surface area contributed by atoms with Crippen LogP contribution >= 0.6 is 0 Å². The van der Waals surface area contributed by atoms with Gasteiger partial charge in [0.2, 0.25) is 0 Å². The Morgan fingerprint density at radius 3 is 2.80 bits per heavy atom. The standard InChI is InChI=1S/C16H24BN3/c1-12-6-13(4-5-17)2-3-15(12)7-14-9-20(10-14)11-16(19)8-18/h2-3,6,8,14H,4-5,7,9-11,18-19H2,1H3/b16-8-. The molecule has 2 rings (SSSR count). The summed E-state index contributed by atoms with van der Waals surface area (Å²) in [4.78, 5) is 2.33. The molecule has 1 aliphatic rings. The van der Waals surface area contributed by atoms with Crippen LogP contribution in [0.2, 0.25) is 6.32 Å². The molecular formula is C16H24BN3. The Morgan fingerprint density at radius 1 is 1.45 bits per heavy atom. The van der Waals surface area contributed by atoms with E-state index in [1.165, 1.54) is 22.9 Å². The van der Waals surface area contributed by atoms with Gasteiger partial charge in [0, 0.05) is 31.5 Å². The molecule has 0 amide bonds. The number of nitrogens with two attached hydrogens (primary N) is 2. The first-order valence-electron chi connectivity index (χ1n) is 7.29. The monoisotopic (exact) mass is 269 g/mol. The summed E-state index contributed by atoms with van der Waals surface area (Å²) in [5, 5.41) is 0. The number of hydrogen-bond acceptors (Lipinski definition) is 3. The lowest BCUT2D eigenvalue weighted by Crippen LogP contribution is -2.49. The summed E-state index contributed by atoms with van der Waals surface area (Å²) >= 11 is 0. The summed E-state index contributed by atoms with van der Waals surface area (Å²) in [6.07, 6.45) is 4.32. The van der Waals surface area contributed by atoms with E-state index in [1.54, 1.807) is 0 Å². The van der Waals surface area contributed by atoms with Crippen LogP contribution in [0.1, 0.15) is 16.7 Å². The highest BCUT2D eigenvalue weighted by molar-refractivity contribution is 6.08. The normalized spacial score (nSPS) is 17.1. The van der Waals surface area contributed by atoms with Gasteiger partial charge in [0.25, 0.3) is 0 Å². The minimum Gasteiger partial charge on any atom is -0.403 e. The third kappa shape index (κ3) is 3.79. The zero-order valence-electron chi connectivity index (χ0n) is 12.3. The van der Waals surface area contributed by atoms with Crippen LogP contribution in [0.5, 0.6) is 0 Å². The summed E-state index contributed by atoms with van der Waals surface area (Å²) in [7, 11) is 5.60. The van der Waals surface area contributed by atoms with E-state index < -0.39 is 0 Å². The predicted octanol–water partition coefficient (Wildman–Crippen LogP) is 1.36. The molecule has 4 N–H and O–H groups in total. The van der Waals surface area contributed by atoms with Crippen molar-refractivity contribution in [2.24, 2.45) is 17.4 Å². The first-order valence-corrected chi connectivity index (χ1v) is 7.29. The zero-order chi connectivity index (χ0) is 14.5. The third-order valence-corrected chi connectivity index (χ3v) is 4.00. The fourth-order valence-corrected chi connectivity index (χ4v) is 2.87. The first kappa shape index (κ1) is 15.0. The van der Waals surface area contributed by atoms with Crippen LogP contribution < -0.4 is 11.5 Å². The molecule has 1 saturated heterocycles. The number of hydrogen-bond donors (Lipinski definition) is 2. The Hall–Kier alpha value is -1.42. The highest BCUT2D eigenvalue weighted by atomic mass is 15.2. The molecule has 0 bridgehead atoms. The van der Waals surface area contributed by atoms with Gasteiger partial charge in [-0.25, -0.2) is 0 Å². The summed E-state index contributed by atoms with van der Waals surface area (Å²) < 4.78 is 0. The second-order valence-electron chi connectivity index (χ2n) is 5.81. The van der Waals surface area contributed by atoms with Crippen LogP contribution in [-0.2, 0) is 12.8 Å². The molecule has 20 heavy (non-hydrogen) atoms. The van der Waals surface area contributed by atoms with E-state index >= 15 is 0 Å². The van der Waals surface area contributed by atoms with Crippen LogP contribution in [0.15, 0.2) is 30.1 Å². The highest BCUT2D eigenvalue weighted by Gasteiger charge is 2.26. The number of rotatable bonds is 6. The van der Waals surface area contributed by atoms with Crippen molar-refractivity contribution >= 4 is 7.85 Å². The number of benzene rings is 1. The van der Waals surface area contributed by atoms with Crippen molar-refractivity contribution in [1.29, 1.82) is 0 Å². The smallest absolute Gasteiger partial charge is 0.0657 e. The fourth-order valence-electron chi connectivity index (χ4n) is 2.87. The van der Waals surface area contributed by atoms with E-state index in [4.69, 9.17) is 19.3 Å². The molecule has 1 aromatic rings. The SMILES string of the molecule is [B]CCc1ccc(CC2CN(C/C(N)=C/N)C2)c(C)c1. The maximum absolute atomic E-state index is 5.73. The average Bonchev–Trinajstić information content (AvgIpc) is 2.38. The van der Waals surface area contributed by atoms with Gasteiger partial charge in [0.1, 0.15) is 0 Å². The molecule has 3 nitrogen and oxygen atoms in total. The lowest BCUT2D eigenvalue weighted by Gasteiger charge is -2.39. The average molecular weight is 269 g/mol. The largest absolute Gasteiger partial charge is 0.403 e. The number of aryl methyl sites for hydroxylation is 2. The van der Waals surface area contributed by atoms with Gasteiger partial charge in [0.15, 0.2) is 0 Å². The molecular weight excluding hydrogens is 245 g/mol. The topological polar surface area (TPSA) is 55.3 Å². The summed E-state index contributed by atoms with van der Waals surface area (Å²) in [5.74, 6) is 0.736. The molecule has 1 fully saturated rings. The molecule has 1 aliphatic heterocycles. The maximum Gasteiger partial charge on any atom is 0.0657 e. The van der Waals surface area contributed by atoms with E-state index in [0.717, 1.165) is 44.1 Å². The van der Waals surface area contributed by atoms with Gasteiger partial charge in [-0.1, -0.05) is 24.5 Å². The van der Waals surface area contributed by atoms with Gasteiger partial charge in [-0.2, -0.15) is 0 Å². The van der Waals surface area contributed by atoms with Crippen LogP contribution in [-0.4, -0.2) is 32.4 Å². The number of likely N-dealkylation sites (tertiary alicyclic amines) is 1. The van der Waals surface area contributed by atoms with Crippen molar-refractivity contribution in [2.75, 3.05) is 19.6 Å². The summed E-state index contributed by atoms with van der Waals surface area (Å²) in [6.45, 7) is 5.21. The zero-order valence-corrected chi connectivity index (χ0v) is 12.3. The third-order valence-electron chi connectivity index (χ3n) is 4.00. The van der Waals surface area contributed by atoms with E-state index in [9.17, 15) is 0 Å². The molecule has 1 heterocycles. The van der Waals surface area contributed by atoms with Crippen molar-refractivity contribution in [3.63, 3.8) is 0 Å². The van der Waals surface area contributed by atoms with Gasteiger partial charge < -0.3 is 11.5 Å². The second-order valence-corrected chi connectivity index (χ2v) is 5.81. The minimum atomic E-state index is 0.715. The summed E-state index contributed by atoms with van der Waals surface area (Å²) in [5.41, 5.74) is 16.1. The van der Waals surface area contributed by atoms with Crippen molar-refractivity contribution in [3.8, 4) is 0 Å². The van der Waals surface area contributed by atoms with Crippen molar-refractivity contribution in [3.05, 3.63) is 46.8 Å². The van der Waals surface area contributed by atoms with E-state index in [-0.39, 0.29) is 0 Å². The predicted molar refractivity (Wildman–Crippen MR) is 85.5 cm³/mol. The summed E-state index contributed by atoms with van der Waals surface area (Å²) in [6, 6.07) is 6.74. The molecule has 1 aromatic carbocycles. The van der Waals surface area contributed by atoms with Gasteiger partial charge >= 0.3 is 0 Å². The van der Waals surface area contributed by atoms with Crippen LogP contribution in [0.3, 0.4) is 0 Å². The van der Waals surface area contributed by atoms with Crippen LogP contribution in [0, 0.1) is 12.8 Å². The van der Waals surface area contributed by atoms with Crippen LogP contribution in [0.4, 0.5) is 0 Å². The molecule has 0 atom stereocenters. The van der Waals surface area contributed by atoms with Gasteiger partial charge in [-0.3, -0.25) is 4.90 Å². The molecule has 0 spiro atoms. The maximum atomic E-state index is 5.73. The molecule has 0 aliphatic carbocycles. The number of nitrogens with zero attached hydrogens (tertiary/aromatic N) is 1. The Morgan fingerprint density at radius 2 is 2.20 bits per heavy atom. The fraction of sp³-hybridized carbons (Fsp3) is 0.500.